The van der Waals surface area contributed by atoms with Gasteiger partial charge in [-0.15, -0.1) is 16.9 Å². The molecule has 1 fully saturated rings. The summed E-state index contributed by atoms with van der Waals surface area (Å²) in [4.78, 5) is 17.3. The van der Waals surface area contributed by atoms with E-state index in [0.717, 1.165) is 78.9 Å². The number of halogens is 3. The number of nitrogens with one attached hydrogen (secondary N) is 1. The third-order valence-electron chi connectivity index (χ3n) is 6.19. The van der Waals surface area contributed by atoms with Gasteiger partial charge in [0.25, 0.3) is 0 Å². The van der Waals surface area contributed by atoms with Gasteiger partial charge in [0.15, 0.2) is 0 Å². The smallest absolute Gasteiger partial charge is 0.381 e. The minimum absolute atomic E-state index is 0.0199. The van der Waals surface area contributed by atoms with Crippen LogP contribution in [0.4, 0.5) is 13.2 Å². The first-order valence-electron chi connectivity index (χ1n) is 12.2. The van der Waals surface area contributed by atoms with E-state index in [0.29, 0.717) is 25.3 Å². The summed E-state index contributed by atoms with van der Waals surface area (Å²) in [5, 5.41) is 12.0. The summed E-state index contributed by atoms with van der Waals surface area (Å²) in [7, 11) is 0. The molecule has 0 unspecified atom stereocenters. The second-order valence-electron chi connectivity index (χ2n) is 8.88. The monoisotopic (exact) mass is 521 g/mol. The van der Waals surface area contributed by atoms with Gasteiger partial charge in [-0.3, -0.25) is 14.5 Å². The number of aryl methyl sites for hydroxylation is 1. The first-order chi connectivity index (χ1) is 17.4. The first-order valence-corrected chi connectivity index (χ1v) is 13.2. The molecule has 194 valence electrons. The van der Waals surface area contributed by atoms with Crippen molar-refractivity contribution in [2.75, 3.05) is 19.0 Å². The molecule has 0 aliphatic carbocycles. The fraction of sp³-hybridized carbons (Fsp3) is 0.520. The number of carbonyl (C=O) groups is 1. The predicted molar refractivity (Wildman–Crippen MR) is 131 cm³/mol. The zero-order chi connectivity index (χ0) is 25.4. The topological polar surface area (TPSA) is 81.9 Å². The molecule has 2 aromatic heterocycles. The molecule has 1 saturated heterocycles. The number of nitrogens with zero attached hydrogens (tertiary/aromatic N) is 4. The minimum atomic E-state index is -4.37. The lowest BCUT2D eigenvalue weighted by molar-refractivity contribution is -0.137. The molecule has 4 rings (SSSR count). The van der Waals surface area contributed by atoms with Crippen molar-refractivity contribution in [1.82, 2.24) is 25.3 Å². The number of aromatic nitrogens is 4. The third kappa shape index (κ3) is 7.42. The normalized spacial score (nSPS) is 14.9. The van der Waals surface area contributed by atoms with Gasteiger partial charge >= 0.3 is 6.18 Å². The molecule has 1 aliphatic heterocycles. The summed E-state index contributed by atoms with van der Waals surface area (Å²) in [6.45, 7) is 2.43. The maximum Gasteiger partial charge on any atom is 0.416 e. The van der Waals surface area contributed by atoms with Gasteiger partial charge in [-0.05, 0) is 49.6 Å². The van der Waals surface area contributed by atoms with Crippen molar-refractivity contribution in [2.24, 2.45) is 5.92 Å². The Kier molecular flexibility index (Phi) is 9.19. The average molecular weight is 522 g/mol. The Morgan fingerprint density at radius 1 is 1.14 bits per heavy atom. The summed E-state index contributed by atoms with van der Waals surface area (Å²) in [6.07, 6.45) is 4.67. The van der Waals surface area contributed by atoms with E-state index in [2.05, 4.69) is 20.6 Å². The number of alkyl halides is 3. The summed E-state index contributed by atoms with van der Waals surface area (Å²) >= 11 is 1.65. The number of carbonyl (C=O) groups excluding carboxylic acids is 1. The number of ether oxygens (including phenoxy) is 1. The van der Waals surface area contributed by atoms with Crippen LogP contribution in [0.5, 0.6) is 0 Å². The summed E-state index contributed by atoms with van der Waals surface area (Å²) in [5.41, 5.74) is 0.438. The van der Waals surface area contributed by atoms with Crippen molar-refractivity contribution in [3.05, 3.63) is 47.9 Å². The molecule has 0 saturated carbocycles. The van der Waals surface area contributed by atoms with Crippen LogP contribution in [0.15, 0.2) is 41.6 Å². The van der Waals surface area contributed by atoms with Gasteiger partial charge in [0.1, 0.15) is 5.69 Å². The van der Waals surface area contributed by atoms with Crippen LogP contribution in [-0.4, -0.2) is 44.9 Å². The Balaban J connectivity index is 1.12. The molecule has 3 heterocycles. The van der Waals surface area contributed by atoms with Crippen molar-refractivity contribution in [3.8, 4) is 0 Å². The Morgan fingerprint density at radius 3 is 2.75 bits per heavy atom. The molecule has 1 aliphatic rings. The molecule has 11 heteroatoms. The molecule has 0 bridgehead atoms. The van der Waals surface area contributed by atoms with Gasteiger partial charge in [-0.1, -0.05) is 24.1 Å². The molecule has 1 aromatic carbocycles. The Morgan fingerprint density at radius 2 is 1.94 bits per heavy atom. The Hall–Kier alpha value is -2.66. The predicted octanol–water partition coefficient (Wildman–Crippen LogP) is 5.24. The molecular formula is C25H30F3N5O2S. The highest BCUT2D eigenvalue weighted by atomic mass is 32.2. The number of amides is 1. The molecule has 0 radical (unpaired) electrons. The van der Waals surface area contributed by atoms with Crippen molar-refractivity contribution in [1.29, 1.82) is 0 Å². The molecule has 7 nitrogen and oxygen atoms in total. The van der Waals surface area contributed by atoms with E-state index >= 15 is 0 Å². The van der Waals surface area contributed by atoms with Crippen LogP contribution in [0.3, 0.4) is 0 Å². The second-order valence-corrected chi connectivity index (χ2v) is 10.0. The van der Waals surface area contributed by atoms with Crippen LogP contribution in [-0.2, 0) is 28.8 Å². The number of pyridine rings is 1. The van der Waals surface area contributed by atoms with E-state index in [9.17, 15) is 18.0 Å². The van der Waals surface area contributed by atoms with Crippen molar-refractivity contribution < 1.29 is 22.7 Å². The lowest BCUT2D eigenvalue weighted by Gasteiger charge is -2.20. The van der Waals surface area contributed by atoms with E-state index in [1.54, 1.807) is 18.0 Å². The fourth-order valence-electron chi connectivity index (χ4n) is 4.15. The average Bonchev–Trinajstić information content (AvgIpc) is 3.34. The standard InChI is InChI=1S/C25H30F3N5O2S/c26-25(27,28)19-5-6-21-22(15-19)29-10-7-23(21)36-14-4-2-1-3-11-33-17-20(31-32-33)16-30-24(34)18-8-12-35-13-9-18/h5-7,10,15,17-18H,1-4,8-9,11-14,16H2,(H,30,34). The highest BCUT2D eigenvalue weighted by molar-refractivity contribution is 7.99. The van der Waals surface area contributed by atoms with E-state index in [1.807, 2.05) is 16.9 Å². The summed E-state index contributed by atoms with van der Waals surface area (Å²) in [6, 6.07) is 5.59. The van der Waals surface area contributed by atoms with Crippen LogP contribution in [0, 0.1) is 5.92 Å². The van der Waals surface area contributed by atoms with Gasteiger partial charge in [0.05, 0.1) is 23.8 Å². The maximum absolute atomic E-state index is 12.9. The summed E-state index contributed by atoms with van der Waals surface area (Å²) in [5.74, 6) is 0.962. The Bertz CT molecular complexity index is 1150. The molecule has 0 spiro atoms. The highest BCUT2D eigenvalue weighted by Gasteiger charge is 2.30. The largest absolute Gasteiger partial charge is 0.416 e. The Labute approximate surface area is 212 Å². The van der Waals surface area contributed by atoms with Crippen LogP contribution in [0.25, 0.3) is 10.9 Å². The van der Waals surface area contributed by atoms with E-state index in [4.69, 9.17) is 4.74 Å². The zero-order valence-corrected chi connectivity index (χ0v) is 20.8. The van der Waals surface area contributed by atoms with Crippen LogP contribution >= 0.6 is 11.8 Å². The lowest BCUT2D eigenvalue weighted by atomic mass is 9.99. The minimum Gasteiger partial charge on any atom is -0.381 e. The molecule has 1 amide bonds. The quantitative estimate of drug-likeness (QED) is 0.275. The highest BCUT2D eigenvalue weighted by Crippen LogP contribution is 2.34. The van der Waals surface area contributed by atoms with Gasteiger partial charge < -0.3 is 10.1 Å². The number of hydrogen-bond donors (Lipinski definition) is 1. The third-order valence-corrected chi connectivity index (χ3v) is 7.35. The van der Waals surface area contributed by atoms with E-state index < -0.39 is 11.7 Å². The number of fused-ring (bicyclic) bond motifs is 1. The van der Waals surface area contributed by atoms with E-state index in [-0.39, 0.29) is 11.8 Å². The number of unbranched alkanes of at least 4 members (excludes halogenated alkanes) is 3. The number of hydrogen-bond acceptors (Lipinski definition) is 6. The van der Waals surface area contributed by atoms with Crippen LogP contribution in [0.2, 0.25) is 0 Å². The van der Waals surface area contributed by atoms with Crippen molar-refractivity contribution in [2.45, 2.75) is 62.7 Å². The maximum atomic E-state index is 12.9. The number of thioether (sulfide) groups is 1. The number of benzene rings is 1. The molecule has 36 heavy (non-hydrogen) atoms. The number of rotatable bonds is 11. The van der Waals surface area contributed by atoms with Gasteiger partial charge in [-0.2, -0.15) is 13.2 Å². The summed E-state index contributed by atoms with van der Waals surface area (Å²) < 4.78 is 45.9. The molecule has 1 N–H and O–H groups in total. The second kappa shape index (κ2) is 12.5. The van der Waals surface area contributed by atoms with Gasteiger partial charge in [-0.25, -0.2) is 0 Å². The van der Waals surface area contributed by atoms with Crippen molar-refractivity contribution >= 4 is 28.6 Å². The van der Waals surface area contributed by atoms with Crippen LogP contribution < -0.4 is 5.32 Å². The molecular weight excluding hydrogens is 491 g/mol. The zero-order valence-electron chi connectivity index (χ0n) is 20.0. The first kappa shape index (κ1) is 26.4. The van der Waals surface area contributed by atoms with Crippen molar-refractivity contribution in [3.63, 3.8) is 0 Å². The molecule has 0 atom stereocenters. The fourth-order valence-corrected chi connectivity index (χ4v) is 5.20. The lowest BCUT2D eigenvalue weighted by Crippen LogP contribution is -2.33. The van der Waals surface area contributed by atoms with Gasteiger partial charge in [0, 0.05) is 42.2 Å². The SMILES string of the molecule is O=C(NCc1cn(CCCCCCSc2ccnc3cc(C(F)(F)F)ccc23)nn1)C1CCOCC1. The van der Waals surface area contributed by atoms with Gasteiger partial charge in [0.2, 0.25) is 5.91 Å². The van der Waals surface area contributed by atoms with E-state index in [1.165, 1.54) is 6.07 Å². The van der Waals surface area contributed by atoms with Crippen LogP contribution in [0.1, 0.15) is 49.8 Å². The molecule has 3 aromatic rings.